The first kappa shape index (κ1) is 21.4. The van der Waals surface area contributed by atoms with E-state index in [-0.39, 0.29) is 6.61 Å². The number of nitrogens with zero attached hydrogens (tertiary/aromatic N) is 1. The van der Waals surface area contributed by atoms with Gasteiger partial charge < -0.3 is 9.42 Å². The van der Waals surface area contributed by atoms with Crippen molar-refractivity contribution in [2.45, 2.75) is 24.3 Å². The van der Waals surface area contributed by atoms with Crippen LogP contribution in [-0.2, 0) is 9.09 Å². The normalized spacial score (nSPS) is 14.7. The number of hydrogen-bond acceptors (Lipinski definition) is 3. The first-order valence-corrected chi connectivity index (χ1v) is 9.16. The maximum Gasteiger partial charge on any atom is 0.340 e. The summed E-state index contributed by atoms with van der Waals surface area (Å²) in [6.45, 7) is 9.72. The van der Waals surface area contributed by atoms with Gasteiger partial charge in [0.25, 0.3) is 3.53 Å². The molecular weight excluding hydrogens is 339 g/mol. The van der Waals surface area contributed by atoms with Gasteiger partial charge in [-0.15, -0.1) is 6.58 Å². The van der Waals surface area contributed by atoms with Crippen LogP contribution in [0.4, 0.5) is 0 Å². The molecule has 0 heterocycles. The summed E-state index contributed by atoms with van der Waals surface area (Å²) in [5.41, 5.74) is 0. The number of alkyl halides is 3. The number of hydrogen-bond donors (Lipinski definition) is 0. The molecule has 0 amide bonds. The van der Waals surface area contributed by atoms with Crippen molar-refractivity contribution in [1.82, 2.24) is 4.90 Å². The van der Waals surface area contributed by atoms with Crippen molar-refractivity contribution in [3.63, 3.8) is 0 Å². The molecular formula is C10H20Cl4NO2P. The molecule has 0 aromatic carbocycles. The van der Waals surface area contributed by atoms with Crippen LogP contribution in [-0.4, -0.2) is 34.7 Å². The molecule has 8 heteroatoms. The summed E-state index contributed by atoms with van der Waals surface area (Å²) in [5.74, 6) is 0. The second kappa shape index (κ2) is 10.8. The maximum atomic E-state index is 11.1. The van der Waals surface area contributed by atoms with Crippen LogP contribution in [0.15, 0.2) is 12.7 Å². The van der Waals surface area contributed by atoms with E-state index >= 15 is 0 Å². The van der Waals surface area contributed by atoms with Crippen LogP contribution < -0.4 is 0 Å². The number of rotatable bonds is 6. The van der Waals surface area contributed by atoms with Crippen molar-refractivity contribution in [3.05, 3.63) is 12.7 Å². The van der Waals surface area contributed by atoms with Crippen LogP contribution in [0.1, 0.15) is 20.8 Å². The zero-order chi connectivity index (χ0) is 14.8. The maximum absolute atomic E-state index is 11.1. The molecule has 0 aliphatic carbocycles. The summed E-state index contributed by atoms with van der Waals surface area (Å²) in [6, 6.07) is 0. The molecule has 0 aliphatic rings. The number of halogens is 4. The van der Waals surface area contributed by atoms with Gasteiger partial charge in [0.15, 0.2) is 0 Å². The lowest BCUT2D eigenvalue weighted by Crippen LogP contribution is -2.21. The molecule has 18 heavy (non-hydrogen) atoms. The van der Waals surface area contributed by atoms with Crippen LogP contribution in [0, 0.1) is 0 Å². The molecule has 0 N–H and O–H groups in total. The fraction of sp³-hybridized carbons (Fsp3) is 0.800. The fourth-order valence-electron chi connectivity index (χ4n) is 0.893. The Hall–Kier alpha value is 1.05. The van der Waals surface area contributed by atoms with Gasteiger partial charge in [0.05, 0.1) is 6.61 Å². The van der Waals surface area contributed by atoms with Gasteiger partial charge in [0, 0.05) is 0 Å². The molecule has 1 atom stereocenters. The highest BCUT2D eigenvalue weighted by Gasteiger charge is 2.44. The Bertz CT molecular complexity index is 262. The summed E-state index contributed by atoms with van der Waals surface area (Å²) < 4.78 is 13.6. The van der Waals surface area contributed by atoms with E-state index in [9.17, 15) is 4.57 Å². The quantitative estimate of drug-likeness (QED) is 0.366. The monoisotopic (exact) mass is 357 g/mol. The summed E-state index contributed by atoms with van der Waals surface area (Å²) in [4.78, 5) is 2.38. The van der Waals surface area contributed by atoms with E-state index in [1.165, 1.54) is 25.7 Å². The predicted octanol–water partition coefficient (Wildman–Crippen LogP) is 5.30. The molecule has 0 spiro atoms. The van der Waals surface area contributed by atoms with Crippen molar-refractivity contribution in [3.8, 4) is 0 Å². The SMILES string of the molecule is C=CCOP(=O)(Cl)C(Cl)(Cl)Cl.CCN(CC)CC. The van der Waals surface area contributed by atoms with Crippen LogP contribution >= 0.6 is 52.8 Å². The second-order valence-electron chi connectivity index (χ2n) is 3.15. The summed E-state index contributed by atoms with van der Waals surface area (Å²) in [6.07, 6.45) is 1.35. The highest BCUT2D eigenvalue weighted by molar-refractivity contribution is 7.90. The van der Waals surface area contributed by atoms with E-state index in [0.717, 1.165) is 0 Å². The minimum atomic E-state index is -3.70. The zero-order valence-electron chi connectivity index (χ0n) is 10.8. The minimum absolute atomic E-state index is 0.0192. The summed E-state index contributed by atoms with van der Waals surface area (Å²) in [7, 11) is 0. The third-order valence-corrected chi connectivity index (χ3v) is 6.92. The van der Waals surface area contributed by atoms with Crippen molar-refractivity contribution in [2.75, 3.05) is 26.2 Å². The first-order chi connectivity index (χ1) is 8.16. The van der Waals surface area contributed by atoms with E-state index in [1.54, 1.807) is 0 Å². The third kappa shape index (κ3) is 9.91. The molecule has 0 aromatic heterocycles. The Morgan fingerprint density at radius 2 is 1.61 bits per heavy atom. The lowest BCUT2D eigenvalue weighted by atomic mass is 10.5. The van der Waals surface area contributed by atoms with Gasteiger partial charge in [0.1, 0.15) is 0 Å². The smallest absolute Gasteiger partial charge is 0.310 e. The molecule has 0 aliphatic heterocycles. The zero-order valence-corrected chi connectivity index (χ0v) is 14.8. The lowest BCUT2D eigenvalue weighted by Gasteiger charge is -2.16. The van der Waals surface area contributed by atoms with Gasteiger partial charge >= 0.3 is 6.72 Å². The highest BCUT2D eigenvalue weighted by Crippen LogP contribution is 2.69. The first-order valence-electron chi connectivity index (χ1n) is 5.50. The molecule has 3 nitrogen and oxygen atoms in total. The van der Waals surface area contributed by atoms with Crippen LogP contribution in [0.3, 0.4) is 0 Å². The van der Waals surface area contributed by atoms with E-state index < -0.39 is 10.3 Å². The van der Waals surface area contributed by atoms with E-state index in [0.29, 0.717) is 0 Å². The molecule has 0 saturated heterocycles. The van der Waals surface area contributed by atoms with Crippen molar-refractivity contribution in [2.24, 2.45) is 0 Å². The van der Waals surface area contributed by atoms with Crippen molar-refractivity contribution in [1.29, 1.82) is 0 Å². The van der Waals surface area contributed by atoms with Gasteiger partial charge in [0.2, 0.25) is 0 Å². The summed E-state index contributed by atoms with van der Waals surface area (Å²) in [5, 5.41) is 0. The predicted molar refractivity (Wildman–Crippen MR) is 83.4 cm³/mol. The van der Waals surface area contributed by atoms with Gasteiger partial charge in [-0.3, -0.25) is 4.57 Å². The largest absolute Gasteiger partial charge is 0.340 e. The fourth-order valence-corrected chi connectivity index (χ4v) is 1.94. The van der Waals surface area contributed by atoms with Gasteiger partial charge in [-0.25, -0.2) is 0 Å². The van der Waals surface area contributed by atoms with Gasteiger partial charge in [-0.1, -0.05) is 61.7 Å². The lowest BCUT2D eigenvalue weighted by molar-refractivity contribution is 0.321. The highest BCUT2D eigenvalue weighted by atomic mass is 35.7. The Balaban J connectivity index is 0. The Labute approximate surface area is 130 Å². The molecule has 0 rings (SSSR count). The molecule has 0 saturated carbocycles. The molecule has 110 valence electrons. The Morgan fingerprint density at radius 1 is 1.22 bits per heavy atom. The van der Waals surface area contributed by atoms with Crippen molar-refractivity contribution < 1.29 is 9.09 Å². The van der Waals surface area contributed by atoms with E-state index in [4.69, 9.17) is 46.0 Å². The van der Waals surface area contributed by atoms with Crippen LogP contribution in [0.25, 0.3) is 0 Å². The van der Waals surface area contributed by atoms with E-state index in [2.05, 4.69) is 36.8 Å². The second-order valence-corrected chi connectivity index (χ2v) is 9.45. The molecule has 0 aromatic rings. The van der Waals surface area contributed by atoms with Gasteiger partial charge in [-0.2, -0.15) is 0 Å². The standard InChI is InChI=1S/C6H15N.C4H5Cl4O2P/c1-4-7(5-2)6-3;1-2-3-10-11(8,9)4(5,6)7/h4-6H2,1-3H3;2H,1,3H2. The van der Waals surface area contributed by atoms with Crippen molar-refractivity contribution >= 4 is 52.8 Å². The molecule has 0 radical (unpaired) electrons. The summed E-state index contributed by atoms with van der Waals surface area (Å²) >= 11 is 21.0. The average Bonchev–Trinajstić information content (AvgIpc) is 2.28. The molecule has 1 unspecified atom stereocenters. The van der Waals surface area contributed by atoms with Crippen LogP contribution in [0.2, 0.25) is 0 Å². The van der Waals surface area contributed by atoms with E-state index in [1.807, 2.05) is 0 Å². The molecule has 0 fully saturated rings. The third-order valence-electron chi connectivity index (χ3n) is 2.00. The average molecular weight is 359 g/mol. The Morgan fingerprint density at radius 3 is 1.78 bits per heavy atom. The Kier molecular flexibility index (Phi) is 12.8. The minimum Gasteiger partial charge on any atom is -0.310 e. The molecule has 0 bridgehead atoms. The van der Waals surface area contributed by atoms with Crippen LogP contribution in [0.5, 0.6) is 0 Å². The van der Waals surface area contributed by atoms with Gasteiger partial charge in [-0.05, 0) is 30.9 Å². The topological polar surface area (TPSA) is 29.5 Å².